The van der Waals surface area contributed by atoms with E-state index in [1.807, 2.05) is 0 Å². The van der Waals surface area contributed by atoms with Crippen LogP contribution in [-0.2, 0) is 14.3 Å². The molecule has 7 heteroatoms. The molecule has 1 amide bonds. The lowest BCUT2D eigenvalue weighted by molar-refractivity contribution is -0.139. The Labute approximate surface area is 128 Å². The highest BCUT2D eigenvalue weighted by Crippen LogP contribution is 2.27. The van der Waals surface area contributed by atoms with Crippen LogP contribution in [0.1, 0.15) is 27.7 Å². The molecule has 0 radical (unpaired) electrons. The Morgan fingerprint density at radius 3 is 2.35 bits per heavy atom. The first-order valence-electron chi connectivity index (χ1n) is 6.38. The topological polar surface area (TPSA) is 64.6 Å². The van der Waals surface area contributed by atoms with E-state index >= 15 is 0 Å². The minimum absolute atomic E-state index is 0.223. The zero-order valence-electron chi connectivity index (χ0n) is 12.3. The molecule has 0 saturated carbocycles. The van der Waals surface area contributed by atoms with Gasteiger partial charge in [0.25, 0.3) is 0 Å². The molecule has 0 unspecified atom stereocenters. The number of thioether (sulfide) groups is 2. The number of carbonyl (C=O) groups excluding carboxylic acids is 2. The van der Waals surface area contributed by atoms with E-state index in [-0.39, 0.29) is 12.3 Å². The molecule has 0 atom stereocenters. The molecule has 0 aliphatic carbocycles. The summed E-state index contributed by atoms with van der Waals surface area (Å²) in [6, 6.07) is 0. The summed E-state index contributed by atoms with van der Waals surface area (Å²) >= 11 is 3.42. The molecule has 0 aromatic carbocycles. The Morgan fingerprint density at radius 2 is 1.85 bits per heavy atom. The molecule has 1 aliphatic heterocycles. The molecule has 0 spiro atoms. The SMILES string of the molecule is CCOC(=O)C(NC(=O)OC(C)(C)C)=C1CSCSC1. The maximum atomic E-state index is 12.0. The molecular formula is C13H21NO4S2. The fourth-order valence-electron chi connectivity index (χ4n) is 1.47. The molecule has 1 aliphatic rings. The monoisotopic (exact) mass is 319 g/mol. The van der Waals surface area contributed by atoms with Crippen LogP contribution in [0.15, 0.2) is 11.3 Å². The maximum Gasteiger partial charge on any atom is 0.412 e. The zero-order chi connectivity index (χ0) is 15.2. The maximum absolute atomic E-state index is 12.0. The molecule has 5 nitrogen and oxygen atoms in total. The lowest BCUT2D eigenvalue weighted by Crippen LogP contribution is -2.36. The molecule has 0 aromatic heterocycles. The van der Waals surface area contributed by atoms with E-state index in [9.17, 15) is 9.59 Å². The standard InChI is InChI=1S/C13H21NO4S2/c1-5-17-11(15)10(9-6-19-8-20-7-9)14-12(16)18-13(2,3)4/h5-8H2,1-4H3,(H,14,16). The van der Waals surface area contributed by atoms with Crippen molar-refractivity contribution in [2.24, 2.45) is 0 Å². The van der Waals surface area contributed by atoms with E-state index in [0.717, 1.165) is 22.2 Å². The number of amides is 1. The second-order valence-electron chi connectivity index (χ2n) is 5.14. The number of carbonyl (C=O) groups is 2. The molecule has 1 saturated heterocycles. The Balaban J connectivity index is 2.83. The average Bonchev–Trinajstić information content (AvgIpc) is 2.35. The fraction of sp³-hybridized carbons (Fsp3) is 0.692. The van der Waals surface area contributed by atoms with Gasteiger partial charge in [-0.05, 0) is 33.3 Å². The molecule has 0 aromatic rings. The average molecular weight is 319 g/mol. The van der Waals surface area contributed by atoms with Crippen LogP contribution in [0.4, 0.5) is 4.79 Å². The number of alkyl carbamates (subject to hydrolysis) is 1. The van der Waals surface area contributed by atoms with Crippen molar-refractivity contribution in [3.8, 4) is 0 Å². The van der Waals surface area contributed by atoms with E-state index in [1.54, 1.807) is 51.2 Å². The van der Waals surface area contributed by atoms with Gasteiger partial charge in [-0.15, -0.1) is 23.5 Å². The van der Waals surface area contributed by atoms with Crippen molar-refractivity contribution in [2.45, 2.75) is 33.3 Å². The first kappa shape index (κ1) is 17.2. The lowest BCUT2D eigenvalue weighted by Gasteiger charge is -2.22. The summed E-state index contributed by atoms with van der Waals surface area (Å²) in [5.74, 6) is 0.935. The predicted molar refractivity (Wildman–Crippen MR) is 82.8 cm³/mol. The van der Waals surface area contributed by atoms with Crippen LogP contribution in [0.25, 0.3) is 0 Å². The van der Waals surface area contributed by atoms with Gasteiger partial charge in [0.05, 0.1) is 6.61 Å². The minimum Gasteiger partial charge on any atom is -0.461 e. The van der Waals surface area contributed by atoms with Gasteiger partial charge in [-0.2, -0.15) is 0 Å². The highest BCUT2D eigenvalue weighted by Gasteiger charge is 2.24. The van der Waals surface area contributed by atoms with E-state index in [2.05, 4.69) is 5.32 Å². The van der Waals surface area contributed by atoms with Crippen molar-refractivity contribution >= 4 is 35.6 Å². The lowest BCUT2D eigenvalue weighted by atomic mass is 10.2. The van der Waals surface area contributed by atoms with Crippen molar-refractivity contribution in [1.82, 2.24) is 5.32 Å². The van der Waals surface area contributed by atoms with E-state index in [0.29, 0.717) is 0 Å². The van der Waals surface area contributed by atoms with Gasteiger partial charge in [-0.25, -0.2) is 9.59 Å². The second kappa shape index (κ2) is 7.83. The number of hydrogen-bond donors (Lipinski definition) is 1. The summed E-state index contributed by atoms with van der Waals surface area (Å²) in [4.78, 5) is 23.8. The number of hydrogen-bond acceptors (Lipinski definition) is 6. The van der Waals surface area contributed by atoms with Gasteiger partial charge in [0.15, 0.2) is 0 Å². The number of rotatable bonds is 3. The summed E-state index contributed by atoms with van der Waals surface area (Å²) in [5, 5.41) is 3.54. The summed E-state index contributed by atoms with van der Waals surface area (Å²) < 4.78 is 10.2. The zero-order valence-corrected chi connectivity index (χ0v) is 13.9. The molecule has 1 rings (SSSR count). The predicted octanol–water partition coefficient (Wildman–Crippen LogP) is 2.77. The third kappa shape index (κ3) is 6.09. The fourth-order valence-corrected chi connectivity index (χ4v) is 3.72. The third-order valence-corrected chi connectivity index (χ3v) is 4.62. The molecule has 20 heavy (non-hydrogen) atoms. The smallest absolute Gasteiger partial charge is 0.412 e. The third-order valence-electron chi connectivity index (χ3n) is 2.18. The van der Waals surface area contributed by atoms with Crippen LogP contribution in [0.5, 0.6) is 0 Å². The normalized spacial score (nSPS) is 15.5. The van der Waals surface area contributed by atoms with Gasteiger partial charge in [-0.1, -0.05) is 0 Å². The first-order valence-corrected chi connectivity index (χ1v) is 8.69. The highest BCUT2D eigenvalue weighted by molar-refractivity contribution is 8.16. The molecule has 1 fully saturated rings. The van der Waals surface area contributed by atoms with Crippen LogP contribution in [0, 0.1) is 0 Å². The van der Waals surface area contributed by atoms with Crippen LogP contribution in [0.3, 0.4) is 0 Å². The number of ether oxygens (including phenoxy) is 2. The van der Waals surface area contributed by atoms with Crippen molar-refractivity contribution < 1.29 is 19.1 Å². The van der Waals surface area contributed by atoms with Crippen LogP contribution in [-0.4, -0.2) is 40.9 Å². The summed E-state index contributed by atoms with van der Waals surface area (Å²) in [7, 11) is 0. The van der Waals surface area contributed by atoms with E-state index in [1.165, 1.54) is 0 Å². The second-order valence-corrected chi connectivity index (χ2v) is 7.48. The molecule has 1 heterocycles. The molecule has 114 valence electrons. The van der Waals surface area contributed by atoms with Crippen molar-refractivity contribution in [2.75, 3.05) is 23.2 Å². The van der Waals surface area contributed by atoms with Crippen molar-refractivity contribution in [3.05, 3.63) is 11.3 Å². The minimum atomic E-state index is -0.631. The van der Waals surface area contributed by atoms with Crippen LogP contribution in [0.2, 0.25) is 0 Å². The number of esters is 1. The van der Waals surface area contributed by atoms with Crippen LogP contribution < -0.4 is 5.32 Å². The molecule has 0 bridgehead atoms. The molecular weight excluding hydrogens is 298 g/mol. The Bertz CT molecular complexity index is 394. The largest absolute Gasteiger partial charge is 0.461 e. The van der Waals surface area contributed by atoms with Gasteiger partial charge < -0.3 is 9.47 Å². The Morgan fingerprint density at radius 1 is 1.25 bits per heavy atom. The highest BCUT2D eigenvalue weighted by atomic mass is 32.2. The van der Waals surface area contributed by atoms with Crippen molar-refractivity contribution in [3.63, 3.8) is 0 Å². The Kier molecular flexibility index (Phi) is 6.75. The van der Waals surface area contributed by atoms with Gasteiger partial charge in [-0.3, -0.25) is 5.32 Å². The van der Waals surface area contributed by atoms with E-state index in [4.69, 9.17) is 9.47 Å². The van der Waals surface area contributed by atoms with Gasteiger partial charge in [0, 0.05) is 16.6 Å². The van der Waals surface area contributed by atoms with Gasteiger partial charge in [0.2, 0.25) is 0 Å². The quantitative estimate of drug-likeness (QED) is 0.637. The van der Waals surface area contributed by atoms with Gasteiger partial charge >= 0.3 is 12.1 Å². The number of nitrogens with one attached hydrogen (secondary N) is 1. The Hall–Kier alpha value is -0.820. The summed E-state index contributed by atoms with van der Waals surface area (Å²) in [5.41, 5.74) is 0.501. The summed E-state index contributed by atoms with van der Waals surface area (Å²) in [6.07, 6.45) is -0.631. The van der Waals surface area contributed by atoms with Crippen LogP contribution >= 0.6 is 23.5 Å². The van der Waals surface area contributed by atoms with Gasteiger partial charge in [0.1, 0.15) is 11.3 Å². The molecule has 1 N–H and O–H groups in total. The van der Waals surface area contributed by atoms with E-state index < -0.39 is 17.7 Å². The first-order chi connectivity index (χ1) is 9.33. The van der Waals surface area contributed by atoms with Crippen molar-refractivity contribution in [1.29, 1.82) is 0 Å². The summed E-state index contributed by atoms with van der Waals surface area (Å²) in [6.45, 7) is 7.33.